The Labute approximate surface area is 142 Å². The van der Waals surface area contributed by atoms with E-state index in [4.69, 9.17) is 11.6 Å². The zero-order valence-electron chi connectivity index (χ0n) is 13.9. The monoisotopic (exact) mass is 334 g/mol. The summed E-state index contributed by atoms with van der Waals surface area (Å²) in [7, 11) is 4.04. The maximum atomic E-state index is 6.37. The highest BCUT2D eigenvalue weighted by Gasteiger charge is 2.25. The number of hydrogen-bond donors (Lipinski definition) is 0. The molecule has 124 valence electrons. The van der Waals surface area contributed by atoms with Crippen molar-refractivity contribution in [2.24, 2.45) is 7.05 Å². The molecule has 0 saturated carbocycles. The molecule has 3 rings (SSSR count). The molecule has 1 atom stereocenters. The van der Waals surface area contributed by atoms with Crippen molar-refractivity contribution in [3.05, 3.63) is 34.7 Å². The molecular weight excluding hydrogens is 312 g/mol. The molecule has 0 amide bonds. The lowest BCUT2D eigenvalue weighted by molar-refractivity contribution is 0.207. The number of aryl methyl sites for hydroxylation is 2. The first kappa shape index (κ1) is 16.2. The molecule has 0 radical (unpaired) electrons. The van der Waals surface area contributed by atoms with Crippen LogP contribution in [0.2, 0.25) is 5.15 Å². The van der Waals surface area contributed by atoms with Crippen LogP contribution in [0.4, 0.5) is 5.82 Å². The minimum atomic E-state index is 0.474. The van der Waals surface area contributed by atoms with Crippen molar-refractivity contribution in [2.45, 2.75) is 32.4 Å². The molecule has 2 aromatic rings. The molecule has 1 saturated heterocycles. The first-order chi connectivity index (χ1) is 11.1. The Morgan fingerprint density at radius 3 is 2.91 bits per heavy atom. The van der Waals surface area contributed by atoms with Crippen LogP contribution in [0, 0.1) is 6.92 Å². The van der Waals surface area contributed by atoms with Crippen LogP contribution in [0.3, 0.4) is 0 Å². The Bertz CT molecular complexity index is 656. The average molecular weight is 335 g/mol. The van der Waals surface area contributed by atoms with Gasteiger partial charge < -0.3 is 4.90 Å². The van der Waals surface area contributed by atoms with E-state index in [9.17, 15) is 0 Å². The molecule has 1 aliphatic heterocycles. The third-order valence-corrected chi connectivity index (χ3v) is 5.05. The number of nitrogens with zero attached hydrogens (tertiary/aromatic N) is 6. The zero-order valence-corrected chi connectivity index (χ0v) is 14.7. The van der Waals surface area contributed by atoms with Crippen molar-refractivity contribution >= 4 is 17.4 Å². The maximum absolute atomic E-state index is 6.37. The molecule has 7 heteroatoms. The van der Waals surface area contributed by atoms with Gasteiger partial charge in [0, 0.05) is 44.5 Å². The van der Waals surface area contributed by atoms with E-state index in [-0.39, 0.29) is 0 Å². The van der Waals surface area contributed by atoms with Crippen LogP contribution in [-0.2, 0) is 13.6 Å². The Balaban J connectivity index is 1.68. The maximum Gasteiger partial charge on any atom is 0.151 e. The van der Waals surface area contributed by atoms with E-state index in [1.165, 1.54) is 6.42 Å². The van der Waals surface area contributed by atoms with Crippen molar-refractivity contribution < 1.29 is 0 Å². The van der Waals surface area contributed by atoms with Crippen molar-refractivity contribution in [1.29, 1.82) is 0 Å². The Morgan fingerprint density at radius 1 is 1.43 bits per heavy atom. The van der Waals surface area contributed by atoms with Gasteiger partial charge in [-0.3, -0.25) is 9.58 Å². The van der Waals surface area contributed by atoms with Crippen LogP contribution in [-0.4, -0.2) is 51.1 Å². The third-order valence-electron chi connectivity index (χ3n) is 4.58. The van der Waals surface area contributed by atoms with E-state index < -0.39 is 0 Å². The molecule has 1 fully saturated rings. The van der Waals surface area contributed by atoms with Gasteiger partial charge in [0.05, 0.1) is 5.69 Å². The van der Waals surface area contributed by atoms with E-state index in [1.54, 1.807) is 10.9 Å². The molecule has 0 spiro atoms. The van der Waals surface area contributed by atoms with Crippen LogP contribution in [0.5, 0.6) is 0 Å². The Morgan fingerprint density at radius 2 is 2.26 bits per heavy atom. The van der Waals surface area contributed by atoms with Crippen molar-refractivity contribution in [3.63, 3.8) is 0 Å². The highest BCUT2D eigenvalue weighted by atomic mass is 35.5. The number of likely N-dealkylation sites (N-methyl/N-ethyl adjacent to an activating group) is 1. The predicted molar refractivity (Wildman–Crippen MR) is 91.7 cm³/mol. The van der Waals surface area contributed by atoms with Crippen molar-refractivity contribution in [3.8, 4) is 0 Å². The average Bonchev–Trinajstić information content (AvgIpc) is 2.82. The van der Waals surface area contributed by atoms with Crippen molar-refractivity contribution in [1.82, 2.24) is 24.9 Å². The lowest BCUT2D eigenvalue weighted by Crippen LogP contribution is -2.46. The zero-order chi connectivity index (χ0) is 16.4. The van der Waals surface area contributed by atoms with E-state index in [0.717, 1.165) is 48.3 Å². The molecule has 0 bridgehead atoms. The van der Waals surface area contributed by atoms with E-state index in [2.05, 4.69) is 32.1 Å². The topological polar surface area (TPSA) is 50.1 Å². The quantitative estimate of drug-likeness (QED) is 0.858. The summed E-state index contributed by atoms with van der Waals surface area (Å²) in [5.41, 5.74) is 2.12. The molecule has 1 aliphatic rings. The number of piperidine rings is 1. The van der Waals surface area contributed by atoms with Gasteiger partial charge in [-0.15, -0.1) is 5.10 Å². The lowest BCUT2D eigenvalue weighted by Gasteiger charge is -2.38. The van der Waals surface area contributed by atoms with Crippen molar-refractivity contribution in [2.75, 3.05) is 25.0 Å². The van der Waals surface area contributed by atoms with Crippen LogP contribution in [0.25, 0.3) is 0 Å². The van der Waals surface area contributed by atoms with Gasteiger partial charge in [-0.05, 0) is 38.9 Å². The van der Waals surface area contributed by atoms with E-state index >= 15 is 0 Å². The van der Waals surface area contributed by atoms with Gasteiger partial charge in [-0.1, -0.05) is 11.6 Å². The molecule has 0 N–H and O–H groups in total. The molecule has 6 nitrogen and oxygen atoms in total. The van der Waals surface area contributed by atoms with Gasteiger partial charge in [0.15, 0.2) is 5.82 Å². The normalized spacial score (nSPS) is 18.7. The summed E-state index contributed by atoms with van der Waals surface area (Å²) in [4.78, 5) is 4.69. The molecule has 3 heterocycles. The fourth-order valence-corrected chi connectivity index (χ4v) is 3.45. The SMILES string of the molecule is Cc1nn(C)c(Cl)c1CN(C)C1CCCN(c2cccnn2)C1. The fraction of sp³-hybridized carbons (Fsp3) is 0.562. The third kappa shape index (κ3) is 3.48. The fourth-order valence-electron chi connectivity index (χ4n) is 3.22. The highest BCUT2D eigenvalue weighted by molar-refractivity contribution is 6.30. The summed E-state index contributed by atoms with van der Waals surface area (Å²) in [6, 6.07) is 4.44. The summed E-state index contributed by atoms with van der Waals surface area (Å²) in [6.07, 6.45) is 4.06. The van der Waals surface area contributed by atoms with Crippen LogP contribution in [0.15, 0.2) is 18.3 Å². The number of halogens is 1. The minimum absolute atomic E-state index is 0.474. The van der Waals surface area contributed by atoms with E-state index in [1.807, 2.05) is 26.1 Å². The standard InChI is InChI=1S/C16H23ClN6/c1-12-14(16(17)22(3)20-12)11-21(2)13-6-5-9-23(10-13)15-7-4-8-18-19-15/h4,7-8,13H,5-6,9-11H2,1-3H3. The number of hydrogen-bond acceptors (Lipinski definition) is 5. The van der Waals surface area contributed by atoms with Gasteiger partial charge in [-0.25, -0.2) is 0 Å². The molecular formula is C16H23ClN6. The second kappa shape index (κ2) is 6.84. The second-order valence-corrected chi connectivity index (χ2v) is 6.58. The summed E-state index contributed by atoms with van der Waals surface area (Å²) in [6.45, 7) is 4.83. The summed E-state index contributed by atoms with van der Waals surface area (Å²) in [5.74, 6) is 0.959. The second-order valence-electron chi connectivity index (χ2n) is 6.22. The smallest absolute Gasteiger partial charge is 0.151 e. The molecule has 23 heavy (non-hydrogen) atoms. The number of rotatable bonds is 4. The van der Waals surface area contributed by atoms with Crippen LogP contribution in [0.1, 0.15) is 24.1 Å². The highest BCUT2D eigenvalue weighted by Crippen LogP contribution is 2.24. The summed E-state index contributed by atoms with van der Waals surface area (Å²) in [5, 5.41) is 13.4. The first-order valence-electron chi connectivity index (χ1n) is 7.97. The van der Waals surface area contributed by atoms with Gasteiger partial charge in [0.1, 0.15) is 5.15 Å². The van der Waals surface area contributed by atoms with Gasteiger partial charge in [0.25, 0.3) is 0 Å². The first-order valence-corrected chi connectivity index (χ1v) is 8.35. The predicted octanol–water partition coefficient (Wildman–Crippen LogP) is 2.27. The van der Waals surface area contributed by atoms with E-state index in [0.29, 0.717) is 6.04 Å². The molecule has 2 aromatic heterocycles. The summed E-state index contributed by atoms with van der Waals surface area (Å²) < 4.78 is 1.74. The van der Waals surface area contributed by atoms with Gasteiger partial charge in [-0.2, -0.15) is 10.2 Å². The molecule has 0 aromatic carbocycles. The largest absolute Gasteiger partial charge is 0.354 e. The van der Waals surface area contributed by atoms with Gasteiger partial charge in [0.2, 0.25) is 0 Å². The number of anilines is 1. The Kier molecular flexibility index (Phi) is 4.82. The number of aromatic nitrogens is 4. The van der Waals surface area contributed by atoms with Gasteiger partial charge >= 0.3 is 0 Å². The van der Waals surface area contributed by atoms with Crippen LogP contribution < -0.4 is 4.90 Å². The lowest BCUT2D eigenvalue weighted by atomic mass is 10.0. The Hall–Kier alpha value is -1.66. The van der Waals surface area contributed by atoms with Crippen LogP contribution >= 0.6 is 11.6 Å². The molecule has 0 aliphatic carbocycles. The minimum Gasteiger partial charge on any atom is -0.354 e. The summed E-state index contributed by atoms with van der Waals surface area (Å²) >= 11 is 6.37. The molecule has 1 unspecified atom stereocenters.